The molecule has 0 amide bonds. The Balaban J connectivity index is 2.95. The molecular formula is C16H27NO. The van der Waals surface area contributed by atoms with E-state index < -0.39 is 5.60 Å². The zero-order valence-electron chi connectivity index (χ0n) is 12.4. The van der Waals surface area contributed by atoms with Crippen LogP contribution in [-0.2, 0) is 11.0 Å². The van der Waals surface area contributed by atoms with Crippen LogP contribution in [-0.4, -0.2) is 18.2 Å². The molecule has 0 saturated carbocycles. The summed E-state index contributed by atoms with van der Waals surface area (Å²) in [5.74, 6) is 0. The lowest BCUT2D eigenvalue weighted by atomic mass is 9.84. The highest BCUT2D eigenvalue weighted by Crippen LogP contribution is 2.28. The van der Waals surface area contributed by atoms with Crippen LogP contribution in [0.2, 0.25) is 0 Å². The molecule has 0 saturated heterocycles. The van der Waals surface area contributed by atoms with E-state index in [0.717, 1.165) is 18.5 Å². The Bertz CT molecular complexity index is 364. The van der Waals surface area contributed by atoms with Crippen LogP contribution in [0.15, 0.2) is 24.3 Å². The highest BCUT2D eigenvalue weighted by Gasteiger charge is 2.26. The first-order valence-corrected chi connectivity index (χ1v) is 6.87. The van der Waals surface area contributed by atoms with Crippen molar-refractivity contribution >= 4 is 0 Å². The second-order valence-corrected chi connectivity index (χ2v) is 5.99. The van der Waals surface area contributed by atoms with Crippen LogP contribution in [0.4, 0.5) is 0 Å². The molecule has 2 heteroatoms. The van der Waals surface area contributed by atoms with E-state index in [0.29, 0.717) is 6.54 Å². The van der Waals surface area contributed by atoms with Crippen LogP contribution < -0.4 is 5.32 Å². The smallest absolute Gasteiger partial charge is 0.102 e. The Hall–Kier alpha value is -0.860. The third-order valence-electron chi connectivity index (χ3n) is 3.54. The Labute approximate surface area is 111 Å². The highest BCUT2D eigenvalue weighted by molar-refractivity contribution is 5.31. The second-order valence-electron chi connectivity index (χ2n) is 5.99. The van der Waals surface area contributed by atoms with Crippen molar-refractivity contribution in [2.24, 2.45) is 0 Å². The fourth-order valence-corrected chi connectivity index (χ4v) is 2.04. The Morgan fingerprint density at radius 1 is 1.00 bits per heavy atom. The summed E-state index contributed by atoms with van der Waals surface area (Å²) in [6.45, 7) is 12.2. The van der Waals surface area contributed by atoms with Crippen molar-refractivity contribution in [1.29, 1.82) is 0 Å². The molecule has 0 fully saturated rings. The average molecular weight is 249 g/mol. The molecule has 1 aromatic carbocycles. The van der Waals surface area contributed by atoms with Gasteiger partial charge in [-0.25, -0.2) is 0 Å². The van der Waals surface area contributed by atoms with E-state index in [9.17, 15) is 5.11 Å². The maximum atomic E-state index is 10.7. The fourth-order valence-electron chi connectivity index (χ4n) is 2.04. The average Bonchev–Trinajstić information content (AvgIpc) is 2.35. The Morgan fingerprint density at radius 2 is 1.50 bits per heavy atom. The standard InChI is InChI=1S/C16H27NO/c1-6-16(18,12-17-7-2)14-10-8-13(9-11-14)15(3,4)5/h8-11,17-18H,6-7,12H2,1-5H3. The summed E-state index contributed by atoms with van der Waals surface area (Å²) in [6.07, 6.45) is 0.717. The van der Waals surface area contributed by atoms with Crippen molar-refractivity contribution < 1.29 is 5.11 Å². The van der Waals surface area contributed by atoms with Crippen molar-refractivity contribution in [3.05, 3.63) is 35.4 Å². The first-order chi connectivity index (χ1) is 8.33. The van der Waals surface area contributed by atoms with Gasteiger partial charge >= 0.3 is 0 Å². The van der Waals surface area contributed by atoms with Gasteiger partial charge in [0.05, 0.1) is 0 Å². The summed E-state index contributed by atoms with van der Waals surface area (Å²) in [5.41, 5.74) is 1.70. The van der Waals surface area contributed by atoms with Gasteiger partial charge < -0.3 is 10.4 Å². The van der Waals surface area contributed by atoms with Crippen LogP contribution >= 0.6 is 0 Å². The van der Waals surface area contributed by atoms with Crippen molar-refractivity contribution in [3.8, 4) is 0 Å². The molecule has 0 bridgehead atoms. The lowest BCUT2D eigenvalue weighted by Crippen LogP contribution is -2.37. The molecule has 2 nitrogen and oxygen atoms in total. The van der Waals surface area contributed by atoms with E-state index in [1.165, 1.54) is 5.56 Å². The van der Waals surface area contributed by atoms with E-state index in [1.807, 2.05) is 6.92 Å². The molecule has 0 aliphatic carbocycles. The van der Waals surface area contributed by atoms with Gasteiger partial charge in [0.25, 0.3) is 0 Å². The minimum Gasteiger partial charge on any atom is -0.384 e. The van der Waals surface area contributed by atoms with Gasteiger partial charge in [0.2, 0.25) is 0 Å². The van der Waals surface area contributed by atoms with Gasteiger partial charge in [-0.3, -0.25) is 0 Å². The summed E-state index contributed by atoms with van der Waals surface area (Å²) in [7, 11) is 0. The van der Waals surface area contributed by atoms with Crippen molar-refractivity contribution in [3.63, 3.8) is 0 Å². The normalized spacial score (nSPS) is 15.4. The third-order valence-corrected chi connectivity index (χ3v) is 3.54. The molecule has 2 N–H and O–H groups in total. The van der Waals surface area contributed by atoms with Gasteiger partial charge in [-0.1, -0.05) is 58.9 Å². The number of aliphatic hydroxyl groups is 1. The molecule has 0 spiro atoms. The fraction of sp³-hybridized carbons (Fsp3) is 0.625. The molecule has 1 rings (SSSR count). The van der Waals surface area contributed by atoms with Crippen LogP contribution in [0.5, 0.6) is 0 Å². The maximum absolute atomic E-state index is 10.7. The first-order valence-electron chi connectivity index (χ1n) is 6.87. The number of likely N-dealkylation sites (N-methyl/N-ethyl adjacent to an activating group) is 1. The van der Waals surface area contributed by atoms with Gasteiger partial charge in [-0.05, 0) is 29.5 Å². The van der Waals surface area contributed by atoms with Crippen molar-refractivity contribution in [2.75, 3.05) is 13.1 Å². The molecule has 1 aromatic rings. The molecule has 0 aromatic heterocycles. The highest BCUT2D eigenvalue weighted by atomic mass is 16.3. The van der Waals surface area contributed by atoms with Gasteiger partial charge in [0.1, 0.15) is 5.60 Å². The molecule has 0 radical (unpaired) electrons. The number of hydrogen-bond donors (Lipinski definition) is 2. The van der Waals surface area contributed by atoms with Crippen LogP contribution in [0, 0.1) is 0 Å². The van der Waals surface area contributed by atoms with Crippen LogP contribution in [0.1, 0.15) is 52.2 Å². The summed E-state index contributed by atoms with van der Waals surface area (Å²) < 4.78 is 0. The molecular weight excluding hydrogens is 222 g/mol. The van der Waals surface area contributed by atoms with E-state index in [1.54, 1.807) is 0 Å². The van der Waals surface area contributed by atoms with Gasteiger partial charge in [-0.15, -0.1) is 0 Å². The SMILES string of the molecule is CCNCC(O)(CC)c1ccc(C(C)(C)C)cc1. The molecule has 18 heavy (non-hydrogen) atoms. The predicted molar refractivity (Wildman–Crippen MR) is 77.9 cm³/mol. The molecule has 0 aliphatic heterocycles. The summed E-state index contributed by atoms with van der Waals surface area (Å²) in [4.78, 5) is 0. The molecule has 1 unspecified atom stereocenters. The largest absolute Gasteiger partial charge is 0.384 e. The third kappa shape index (κ3) is 3.56. The van der Waals surface area contributed by atoms with E-state index in [2.05, 4.69) is 57.3 Å². The van der Waals surface area contributed by atoms with Crippen LogP contribution in [0.25, 0.3) is 0 Å². The quantitative estimate of drug-likeness (QED) is 0.840. The monoisotopic (exact) mass is 249 g/mol. The Morgan fingerprint density at radius 3 is 1.89 bits per heavy atom. The van der Waals surface area contributed by atoms with E-state index in [4.69, 9.17) is 0 Å². The summed E-state index contributed by atoms with van der Waals surface area (Å²) in [6, 6.07) is 8.37. The van der Waals surface area contributed by atoms with Gasteiger partial charge in [-0.2, -0.15) is 0 Å². The maximum Gasteiger partial charge on any atom is 0.102 e. The molecule has 102 valence electrons. The number of hydrogen-bond acceptors (Lipinski definition) is 2. The van der Waals surface area contributed by atoms with E-state index in [-0.39, 0.29) is 5.41 Å². The predicted octanol–water partition coefficient (Wildman–Crippen LogP) is 3.19. The minimum atomic E-state index is -0.758. The zero-order chi connectivity index (χ0) is 13.8. The molecule has 1 atom stereocenters. The number of benzene rings is 1. The molecule has 0 heterocycles. The summed E-state index contributed by atoms with van der Waals surface area (Å²) >= 11 is 0. The summed E-state index contributed by atoms with van der Waals surface area (Å²) in [5, 5.41) is 13.9. The number of rotatable bonds is 5. The minimum absolute atomic E-state index is 0.157. The van der Waals surface area contributed by atoms with E-state index >= 15 is 0 Å². The van der Waals surface area contributed by atoms with Gasteiger partial charge in [0.15, 0.2) is 0 Å². The molecule has 0 aliphatic rings. The number of nitrogens with one attached hydrogen (secondary N) is 1. The van der Waals surface area contributed by atoms with Gasteiger partial charge in [0, 0.05) is 6.54 Å². The first kappa shape index (κ1) is 15.2. The Kier molecular flexibility index (Phi) is 4.94. The zero-order valence-corrected chi connectivity index (χ0v) is 12.4. The lowest BCUT2D eigenvalue weighted by molar-refractivity contribution is 0.0332. The van der Waals surface area contributed by atoms with Crippen molar-refractivity contribution in [2.45, 2.75) is 52.1 Å². The van der Waals surface area contributed by atoms with Crippen LogP contribution in [0.3, 0.4) is 0 Å². The van der Waals surface area contributed by atoms with Crippen molar-refractivity contribution in [1.82, 2.24) is 5.32 Å². The lowest BCUT2D eigenvalue weighted by Gasteiger charge is -2.28. The topological polar surface area (TPSA) is 32.3 Å². The second kappa shape index (κ2) is 5.85.